The number of hydrogen-bond donors (Lipinski definition) is 0. The molecule has 2 rings (SSSR count). The molecule has 0 saturated heterocycles. The molecule has 0 bridgehead atoms. The van der Waals surface area contributed by atoms with Crippen molar-refractivity contribution >= 4 is 34.8 Å². The van der Waals surface area contributed by atoms with Gasteiger partial charge in [-0.2, -0.15) is 0 Å². The van der Waals surface area contributed by atoms with E-state index < -0.39 is 28.8 Å². The van der Waals surface area contributed by atoms with E-state index in [1.807, 2.05) is 0 Å². The fraction of sp³-hybridized carbons (Fsp3) is 0.250. The quantitative estimate of drug-likeness (QED) is 0.246. The van der Waals surface area contributed by atoms with Gasteiger partial charge in [0, 0.05) is 0 Å². The molecule has 0 fully saturated rings. The third-order valence-electron chi connectivity index (χ3n) is 3.42. The second-order valence-electron chi connectivity index (χ2n) is 6.04. The van der Waals surface area contributed by atoms with Crippen LogP contribution < -0.4 is 10.6 Å². The van der Waals surface area contributed by atoms with Crippen molar-refractivity contribution in [3.05, 3.63) is 60.7 Å². The number of nitrogens with zero attached hydrogens (tertiary/aromatic N) is 2. The van der Waals surface area contributed by atoms with Crippen LogP contribution in [0.4, 0.5) is 21.3 Å². The molecule has 2 aromatic rings. The maximum atomic E-state index is 16.1. The predicted octanol–water partition coefficient (Wildman–Crippen LogP) is 7.13. The number of hydrogen-bond acceptors (Lipinski definition) is 3. The Bertz CT molecular complexity index is 739. The molecule has 0 aromatic heterocycles. The summed E-state index contributed by atoms with van der Waals surface area (Å²) in [4.78, 5) is 0. The second-order valence-corrected chi connectivity index (χ2v) is 11.9. The molecule has 27 heavy (non-hydrogen) atoms. The number of halogens is 5. The first-order chi connectivity index (χ1) is 12.7. The van der Waals surface area contributed by atoms with E-state index in [9.17, 15) is 12.9 Å². The molecule has 0 atom stereocenters. The van der Waals surface area contributed by atoms with Gasteiger partial charge < -0.3 is 0 Å². The van der Waals surface area contributed by atoms with Crippen LogP contribution in [0, 0.1) is 5.92 Å². The molecule has 0 amide bonds. The van der Waals surface area contributed by atoms with Crippen molar-refractivity contribution in [1.29, 1.82) is 0 Å². The molecule has 150 valence electrons. The zero-order valence-corrected chi connectivity index (χ0v) is 17.4. The van der Waals surface area contributed by atoms with Crippen LogP contribution in [0.1, 0.15) is 13.8 Å². The van der Waals surface area contributed by atoms with Gasteiger partial charge in [-0.25, -0.2) is 0 Å². The van der Waals surface area contributed by atoms with Crippen LogP contribution >= 0.6 is 24.2 Å². The molecule has 0 N–H and O–H groups in total. The normalized spacial score (nSPS) is 13.4. The van der Waals surface area contributed by atoms with Gasteiger partial charge in [-0.15, -0.1) is 0 Å². The van der Waals surface area contributed by atoms with Crippen LogP contribution in [-0.2, 0) is 4.52 Å². The van der Waals surface area contributed by atoms with E-state index in [1.165, 1.54) is 48.5 Å². The van der Waals surface area contributed by atoms with Gasteiger partial charge >= 0.3 is 157 Å². The first kappa shape index (κ1) is 22.4. The van der Waals surface area contributed by atoms with Crippen molar-refractivity contribution in [3.63, 3.8) is 0 Å². The first-order valence-electron chi connectivity index (χ1n) is 8.04. The Morgan fingerprint density at radius 1 is 1.04 bits per heavy atom. The van der Waals surface area contributed by atoms with Crippen LogP contribution in [0.15, 0.2) is 65.2 Å². The summed E-state index contributed by atoms with van der Waals surface area (Å²) in [6, 6.07) is 14.8. The average molecular weight is 444 g/mol. The summed E-state index contributed by atoms with van der Waals surface area (Å²) < 4.78 is 78.4. The van der Waals surface area contributed by atoms with Crippen molar-refractivity contribution in [2.45, 2.75) is 13.8 Å². The van der Waals surface area contributed by atoms with Crippen LogP contribution in [0.3, 0.4) is 0 Å². The van der Waals surface area contributed by atoms with Crippen molar-refractivity contribution in [1.82, 2.24) is 4.66 Å². The van der Waals surface area contributed by atoms with E-state index >= 15 is 8.39 Å². The van der Waals surface area contributed by atoms with Gasteiger partial charge in [0.15, 0.2) is 0 Å². The summed E-state index contributed by atoms with van der Waals surface area (Å²) in [6.45, 7) is 2.91. The van der Waals surface area contributed by atoms with Crippen molar-refractivity contribution in [2.75, 3.05) is 6.61 Å². The van der Waals surface area contributed by atoms with Gasteiger partial charge in [-0.05, 0) is 0 Å². The predicted molar refractivity (Wildman–Crippen MR) is 105 cm³/mol. The summed E-state index contributed by atoms with van der Waals surface area (Å²) in [7, 11) is -14.6. The standard InChI is InChI=1S/C16H20F5N2OP3/c1-14(2)13-24-27(21,23(17)25(18)19)22-26(20,15-9-5-3-6-10-15)16-11-7-4-8-12-16/h3-12,14,27H,13H2,1-2H3. The summed E-state index contributed by atoms with van der Waals surface area (Å²) in [5.41, 5.74) is 0. The zero-order valence-electron chi connectivity index (χ0n) is 14.6. The van der Waals surface area contributed by atoms with Gasteiger partial charge in [0.05, 0.1) is 0 Å². The minimum atomic E-state index is -5.73. The Kier molecular flexibility index (Phi) is 7.91. The maximum absolute atomic E-state index is 16.1. The number of benzene rings is 2. The van der Waals surface area contributed by atoms with Gasteiger partial charge in [-0.3, -0.25) is 0 Å². The van der Waals surface area contributed by atoms with E-state index in [-0.39, 0.29) is 23.1 Å². The van der Waals surface area contributed by atoms with E-state index in [0.717, 1.165) is 0 Å². The Morgan fingerprint density at radius 3 is 1.85 bits per heavy atom. The molecule has 3 nitrogen and oxygen atoms in total. The Balaban J connectivity index is 2.68. The topological polar surface area (TPSA) is 24.8 Å². The molecule has 0 radical (unpaired) electrons. The molecule has 0 aliphatic carbocycles. The molecule has 0 unspecified atom stereocenters. The van der Waals surface area contributed by atoms with Crippen molar-refractivity contribution in [2.24, 2.45) is 10.4 Å². The Morgan fingerprint density at radius 2 is 1.48 bits per heavy atom. The van der Waals surface area contributed by atoms with E-state index in [2.05, 4.69) is 4.52 Å². The molecule has 0 spiro atoms. The fourth-order valence-corrected chi connectivity index (χ4v) is 8.34. The molecule has 0 saturated carbocycles. The summed E-state index contributed by atoms with van der Waals surface area (Å²) in [5.74, 6) is -0.275. The summed E-state index contributed by atoms with van der Waals surface area (Å²) in [5, 5.41) is -0.0105. The van der Waals surface area contributed by atoms with E-state index in [1.54, 1.807) is 26.0 Å². The Hall–Kier alpha value is -0.900. The van der Waals surface area contributed by atoms with Crippen LogP contribution in [0.5, 0.6) is 0 Å². The molecule has 2 aromatic carbocycles. The minimum absolute atomic E-state index is 0.00526. The molecular formula is C16H20F5N2OP3. The third kappa shape index (κ3) is 5.56. The second kappa shape index (κ2) is 9.54. The molecular weight excluding hydrogens is 424 g/mol. The van der Waals surface area contributed by atoms with Crippen LogP contribution in [0.2, 0.25) is 0 Å². The molecule has 0 heterocycles. The molecule has 0 aliphatic heterocycles. The van der Waals surface area contributed by atoms with Crippen molar-refractivity contribution in [3.8, 4) is 0 Å². The SMILES string of the molecule is CC(C)CO[PH](F)(N=P(F)(c1ccccc1)c1ccccc1)N(F)P(F)F. The third-order valence-corrected chi connectivity index (χ3v) is 9.92. The van der Waals surface area contributed by atoms with Crippen LogP contribution in [0.25, 0.3) is 0 Å². The van der Waals surface area contributed by atoms with Gasteiger partial charge in [-0.1, -0.05) is 0 Å². The summed E-state index contributed by atoms with van der Waals surface area (Å²) >= 11 is 0. The average Bonchev–Trinajstić information content (AvgIpc) is 2.67. The van der Waals surface area contributed by atoms with Gasteiger partial charge in [0.25, 0.3) is 0 Å². The van der Waals surface area contributed by atoms with Gasteiger partial charge in [0.2, 0.25) is 0 Å². The first-order valence-corrected chi connectivity index (χ1v) is 12.4. The van der Waals surface area contributed by atoms with E-state index in [4.69, 9.17) is 4.52 Å². The fourth-order valence-electron chi connectivity index (χ4n) is 2.17. The Labute approximate surface area is 157 Å². The van der Waals surface area contributed by atoms with Crippen molar-refractivity contribution < 1.29 is 25.8 Å². The monoisotopic (exact) mass is 444 g/mol. The van der Waals surface area contributed by atoms with E-state index in [0.29, 0.717) is 0 Å². The summed E-state index contributed by atoms with van der Waals surface area (Å²) in [6.07, 6.45) is 0. The molecule has 0 aliphatic rings. The van der Waals surface area contributed by atoms with Crippen LogP contribution in [-0.4, -0.2) is 11.3 Å². The number of rotatable bonds is 8. The zero-order chi connectivity index (χ0) is 20.1. The van der Waals surface area contributed by atoms with Gasteiger partial charge in [0.1, 0.15) is 0 Å². The molecule has 11 heteroatoms.